The van der Waals surface area contributed by atoms with Gasteiger partial charge in [-0.25, -0.2) is 4.79 Å². The first-order valence-electron chi connectivity index (χ1n) is 7.86. The molecule has 0 aliphatic rings. The number of hydrogen-bond acceptors (Lipinski definition) is 2. The van der Waals surface area contributed by atoms with Gasteiger partial charge in [-0.2, -0.15) is 0 Å². The van der Waals surface area contributed by atoms with Crippen molar-refractivity contribution in [2.45, 2.75) is 0 Å². The number of ketones is 1. The van der Waals surface area contributed by atoms with Gasteiger partial charge in [-0.3, -0.25) is 4.79 Å². The standard InChI is InChI=1S/C20H13Cl3N2O2/c21-14-10-16(22)18(17(23)11-14)25-20(27)24-15-8-6-13(7-9-15)19(26)12-4-2-1-3-5-12/h1-11H,(H2,24,25,27). The number of amides is 2. The molecule has 0 saturated carbocycles. The highest BCUT2D eigenvalue weighted by Gasteiger charge is 2.12. The molecule has 2 amide bonds. The van der Waals surface area contributed by atoms with Crippen LogP contribution in [0.5, 0.6) is 0 Å². The number of nitrogens with one attached hydrogen (secondary N) is 2. The molecule has 4 nitrogen and oxygen atoms in total. The van der Waals surface area contributed by atoms with Gasteiger partial charge in [-0.1, -0.05) is 65.1 Å². The number of halogens is 3. The van der Waals surface area contributed by atoms with Crippen LogP contribution in [0.1, 0.15) is 15.9 Å². The molecule has 136 valence electrons. The fourth-order valence-corrected chi connectivity index (χ4v) is 3.31. The molecule has 0 fully saturated rings. The first-order chi connectivity index (χ1) is 12.9. The first-order valence-corrected chi connectivity index (χ1v) is 9.00. The monoisotopic (exact) mass is 418 g/mol. The van der Waals surface area contributed by atoms with Crippen LogP contribution in [-0.2, 0) is 0 Å². The van der Waals surface area contributed by atoms with Gasteiger partial charge in [0.2, 0.25) is 0 Å². The first kappa shape index (κ1) is 19.2. The molecule has 0 spiro atoms. The number of urea groups is 1. The molecule has 27 heavy (non-hydrogen) atoms. The van der Waals surface area contributed by atoms with Crippen LogP contribution in [0.2, 0.25) is 15.1 Å². The summed E-state index contributed by atoms with van der Waals surface area (Å²) in [5.74, 6) is -0.0914. The average molecular weight is 420 g/mol. The molecular formula is C20H13Cl3N2O2. The minimum absolute atomic E-state index is 0.0914. The fourth-order valence-electron chi connectivity index (χ4n) is 2.40. The lowest BCUT2D eigenvalue weighted by molar-refractivity contribution is 0.103. The molecule has 0 atom stereocenters. The molecule has 0 aliphatic heterocycles. The Morgan fingerprint density at radius 1 is 0.704 bits per heavy atom. The Bertz CT molecular complexity index is 967. The van der Waals surface area contributed by atoms with Crippen molar-refractivity contribution in [2.75, 3.05) is 10.6 Å². The zero-order chi connectivity index (χ0) is 19.4. The molecule has 3 rings (SSSR count). The number of rotatable bonds is 4. The van der Waals surface area contributed by atoms with Crippen molar-refractivity contribution in [1.82, 2.24) is 0 Å². The molecule has 0 heterocycles. The van der Waals surface area contributed by atoms with Crippen LogP contribution in [0.4, 0.5) is 16.2 Å². The summed E-state index contributed by atoms with van der Waals surface area (Å²) in [7, 11) is 0. The largest absolute Gasteiger partial charge is 0.323 e. The second-order valence-electron chi connectivity index (χ2n) is 5.60. The summed E-state index contributed by atoms with van der Waals surface area (Å²) in [6.45, 7) is 0. The fraction of sp³-hybridized carbons (Fsp3) is 0. The van der Waals surface area contributed by atoms with Gasteiger partial charge < -0.3 is 10.6 Å². The quantitative estimate of drug-likeness (QED) is 0.473. The van der Waals surface area contributed by atoms with E-state index in [0.717, 1.165) is 0 Å². The zero-order valence-corrected chi connectivity index (χ0v) is 16.1. The summed E-state index contributed by atoms with van der Waals surface area (Å²) in [5, 5.41) is 6.06. The lowest BCUT2D eigenvalue weighted by Gasteiger charge is -2.11. The Balaban J connectivity index is 1.68. The van der Waals surface area contributed by atoms with Gasteiger partial charge in [0.05, 0.1) is 15.7 Å². The zero-order valence-electron chi connectivity index (χ0n) is 13.8. The Kier molecular flexibility index (Phi) is 6.01. The number of anilines is 2. The lowest BCUT2D eigenvalue weighted by atomic mass is 10.0. The Morgan fingerprint density at radius 2 is 1.26 bits per heavy atom. The second kappa shape index (κ2) is 8.44. The predicted octanol–water partition coefficient (Wildman–Crippen LogP) is 6.52. The van der Waals surface area contributed by atoms with E-state index in [-0.39, 0.29) is 21.5 Å². The molecule has 3 aromatic carbocycles. The molecule has 0 saturated heterocycles. The minimum Gasteiger partial charge on any atom is -0.308 e. The minimum atomic E-state index is -0.525. The number of carbonyl (C=O) groups excluding carboxylic acids is 2. The van der Waals surface area contributed by atoms with Crippen molar-refractivity contribution in [3.63, 3.8) is 0 Å². The molecule has 3 aromatic rings. The van der Waals surface area contributed by atoms with Crippen LogP contribution >= 0.6 is 34.8 Å². The highest BCUT2D eigenvalue weighted by Crippen LogP contribution is 2.33. The van der Waals surface area contributed by atoms with Crippen LogP contribution in [0, 0.1) is 0 Å². The number of carbonyl (C=O) groups is 2. The molecule has 0 radical (unpaired) electrons. The summed E-state index contributed by atoms with van der Waals surface area (Å²) < 4.78 is 0. The highest BCUT2D eigenvalue weighted by molar-refractivity contribution is 6.42. The van der Waals surface area contributed by atoms with E-state index in [1.54, 1.807) is 48.5 Å². The van der Waals surface area contributed by atoms with Crippen LogP contribution in [0.3, 0.4) is 0 Å². The molecule has 0 bridgehead atoms. The lowest BCUT2D eigenvalue weighted by Crippen LogP contribution is -2.20. The van der Waals surface area contributed by atoms with E-state index in [4.69, 9.17) is 34.8 Å². The number of hydrogen-bond donors (Lipinski definition) is 2. The molecule has 0 aromatic heterocycles. The Labute approximate surface area is 171 Å². The molecule has 0 unspecified atom stereocenters. The van der Waals surface area contributed by atoms with Gasteiger partial charge >= 0.3 is 6.03 Å². The van der Waals surface area contributed by atoms with Gasteiger partial charge in [0.25, 0.3) is 0 Å². The SMILES string of the molecule is O=C(Nc1ccc(C(=O)c2ccccc2)cc1)Nc1c(Cl)cc(Cl)cc1Cl. The van der Waals surface area contributed by atoms with Crippen LogP contribution in [0.15, 0.2) is 66.7 Å². The van der Waals surface area contributed by atoms with Crippen LogP contribution < -0.4 is 10.6 Å². The maximum Gasteiger partial charge on any atom is 0.323 e. The summed E-state index contributed by atoms with van der Waals surface area (Å²) in [6, 6.07) is 18.0. The van der Waals surface area contributed by atoms with Crippen molar-refractivity contribution in [3.8, 4) is 0 Å². The van der Waals surface area contributed by atoms with Crippen molar-refractivity contribution in [1.29, 1.82) is 0 Å². The molecule has 2 N–H and O–H groups in total. The van der Waals surface area contributed by atoms with E-state index in [9.17, 15) is 9.59 Å². The van der Waals surface area contributed by atoms with Gasteiger partial charge in [-0.15, -0.1) is 0 Å². The molecule has 7 heteroatoms. The van der Waals surface area contributed by atoms with E-state index in [0.29, 0.717) is 21.8 Å². The smallest absolute Gasteiger partial charge is 0.308 e. The summed E-state index contributed by atoms with van der Waals surface area (Å²) >= 11 is 17.9. The average Bonchev–Trinajstić information content (AvgIpc) is 2.65. The molecular weight excluding hydrogens is 407 g/mol. The summed E-state index contributed by atoms with van der Waals surface area (Å²) in [4.78, 5) is 24.6. The predicted molar refractivity (Wildman–Crippen MR) is 110 cm³/mol. The Hall–Kier alpha value is -2.53. The Morgan fingerprint density at radius 3 is 1.85 bits per heavy atom. The maximum absolute atomic E-state index is 12.4. The molecule has 0 aliphatic carbocycles. The van der Waals surface area contributed by atoms with E-state index in [2.05, 4.69) is 10.6 Å². The van der Waals surface area contributed by atoms with Gasteiger partial charge in [0.1, 0.15) is 0 Å². The maximum atomic E-state index is 12.4. The van der Waals surface area contributed by atoms with Crippen LogP contribution in [-0.4, -0.2) is 11.8 Å². The van der Waals surface area contributed by atoms with Crippen molar-refractivity contribution >= 4 is 58.0 Å². The van der Waals surface area contributed by atoms with Gasteiger partial charge in [0, 0.05) is 21.8 Å². The summed E-state index contributed by atoms with van der Waals surface area (Å²) in [6.07, 6.45) is 0. The second-order valence-corrected chi connectivity index (χ2v) is 6.85. The third kappa shape index (κ3) is 4.80. The van der Waals surface area contributed by atoms with Crippen molar-refractivity contribution < 1.29 is 9.59 Å². The van der Waals surface area contributed by atoms with Crippen molar-refractivity contribution in [3.05, 3.63) is 92.9 Å². The van der Waals surface area contributed by atoms with E-state index >= 15 is 0 Å². The third-order valence-electron chi connectivity index (χ3n) is 3.69. The third-order valence-corrected chi connectivity index (χ3v) is 4.50. The summed E-state index contributed by atoms with van der Waals surface area (Å²) in [5.41, 5.74) is 1.90. The topological polar surface area (TPSA) is 58.2 Å². The van der Waals surface area contributed by atoms with E-state index < -0.39 is 6.03 Å². The van der Waals surface area contributed by atoms with E-state index in [1.165, 1.54) is 12.1 Å². The van der Waals surface area contributed by atoms with Gasteiger partial charge in [0.15, 0.2) is 5.78 Å². The van der Waals surface area contributed by atoms with Crippen molar-refractivity contribution in [2.24, 2.45) is 0 Å². The van der Waals surface area contributed by atoms with E-state index in [1.807, 2.05) is 6.07 Å². The normalized spacial score (nSPS) is 10.3. The number of benzene rings is 3. The highest BCUT2D eigenvalue weighted by atomic mass is 35.5. The van der Waals surface area contributed by atoms with Gasteiger partial charge in [-0.05, 0) is 36.4 Å². The van der Waals surface area contributed by atoms with Crippen LogP contribution in [0.25, 0.3) is 0 Å².